The van der Waals surface area contributed by atoms with Crippen molar-refractivity contribution in [1.82, 2.24) is 4.31 Å². The lowest BCUT2D eigenvalue weighted by molar-refractivity contribution is -0.128. The van der Waals surface area contributed by atoms with Crippen molar-refractivity contribution in [3.63, 3.8) is 0 Å². The second-order valence-electron chi connectivity index (χ2n) is 9.79. The van der Waals surface area contributed by atoms with Crippen LogP contribution in [0, 0.1) is 0 Å². The lowest BCUT2D eigenvalue weighted by atomic mass is 9.89. The van der Waals surface area contributed by atoms with Gasteiger partial charge >= 0.3 is 0 Å². The Bertz CT molecular complexity index is 709. The second kappa shape index (κ2) is 14.6. The number of hydrogen-bond donors (Lipinski definition) is 0. The third-order valence-corrected chi connectivity index (χ3v) is 13.0. The summed E-state index contributed by atoms with van der Waals surface area (Å²) in [5.74, 6) is -0.714. The highest BCUT2D eigenvalue weighted by atomic mass is 35.5. The van der Waals surface area contributed by atoms with E-state index in [0.717, 1.165) is 23.6 Å². The summed E-state index contributed by atoms with van der Waals surface area (Å²) in [5, 5.41) is 0. The molecule has 1 fully saturated rings. The summed E-state index contributed by atoms with van der Waals surface area (Å²) >= 11 is 36.4. The standard InChI is InChI=1S/C25H39Cl6NO2S/c1-2-3-4-5-6-7-8-9-10-11-12-13-14-15-16-17-20-32-21(33)24(30)22(26,27)18-19-23(28,29)25(24,31)35(32)34/h18-19H,2-17,20H2,1H3. The first-order chi connectivity index (χ1) is 16.5. The highest BCUT2D eigenvalue weighted by Crippen LogP contribution is 2.67. The second-order valence-corrected chi connectivity index (χ2v) is 15.5. The summed E-state index contributed by atoms with van der Waals surface area (Å²) in [5.41, 5.74) is 0. The van der Waals surface area contributed by atoms with Crippen LogP contribution in [0.3, 0.4) is 0 Å². The molecule has 3 nitrogen and oxygen atoms in total. The van der Waals surface area contributed by atoms with Crippen LogP contribution in [0.5, 0.6) is 0 Å². The molecular formula is C25H39Cl6NO2S. The van der Waals surface area contributed by atoms with E-state index in [1.165, 1.54) is 89.2 Å². The Balaban J connectivity index is 1.61. The van der Waals surface area contributed by atoms with Crippen LogP contribution in [0.4, 0.5) is 0 Å². The fourth-order valence-electron chi connectivity index (χ4n) is 4.78. The summed E-state index contributed by atoms with van der Waals surface area (Å²) in [6.45, 7) is 2.48. The molecule has 3 unspecified atom stereocenters. The number of halogens is 6. The summed E-state index contributed by atoms with van der Waals surface area (Å²) in [6.07, 6.45) is 22.3. The van der Waals surface area contributed by atoms with Gasteiger partial charge in [-0.1, -0.05) is 173 Å². The molecule has 1 amide bonds. The van der Waals surface area contributed by atoms with E-state index in [-0.39, 0.29) is 6.54 Å². The zero-order valence-corrected chi connectivity index (χ0v) is 26.0. The first kappa shape index (κ1) is 32.5. The molecule has 0 spiro atoms. The van der Waals surface area contributed by atoms with E-state index >= 15 is 0 Å². The fourth-order valence-corrected chi connectivity index (χ4v) is 9.24. The molecule has 2 rings (SSSR count). The van der Waals surface area contributed by atoms with Gasteiger partial charge < -0.3 is 4.55 Å². The SMILES string of the molecule is CCCCCCCCCCCCCCCCCCN1C(=O)C2(Cl)C(Cl)(Cl)C=CC(Cl)(Cl)C2(Cl)[S+]1[O-]. The normalized spacial score (nSPS) is 29.1. The van der Waals surface area contributed by atoms with Gasteiger partial charge in [0.1, 0.15) is 0 Å². The topological polar surface area (TPSA) is 43.4 Å². The van der Waals surface area contributed by atoms with Gasteiger partial charge in [-0.25, -0.2) is 0 Å². The van der Waals surface area contributed by atoms with Crippen LogP contribution in [0.2, 0.25) is 0 Å². The van der Waals surface area contributed by atoms with Crippen molar-refractivity contribution < 1.29 is 9.35 Å². The number of unbranched alkanes of at least 4 members (excludes halogenated alkanes) is 15. The molecule has 10 heteroatoms. The monoisotopic (exact) mass is 627 g/mol. The third kappa shape index (κ3) is 7.27. The minimum absolute atomic E-state index is 0.223. The van der Waals surface area contributed by atoms with E-state index in [1.807, 2.05) is 0 Å². The predicted molar refractivity (Wildman–Crippen MR) is 155 cm³/mol. The molecule has 1 saturated heterocycles. The van der Waals surface area contributed by atoms with Gasteiger partial charge in [0.15, 0.2) is 4.33 Å². The van der Waals surface area contributed by atoms with Crippen molar-refractivity contribution in [3.05, 3.63) is 12.2 Å². The minimum Gasteiger partial charge on any atom is -0.591 e. The molecular weight excluding hydrogens is 591 g/mol. The van der Waals surface area contributed by atoms with E-state index in [0.29, 0.717) is 6.42 Å². The van der Waals surface area contributed by atoms with E-state index in [4.69, 9.17) is 69.6 Å². The van der Waals surface area contributed by atoms with E-state index in [9.17, 15) is 9.35 Å². The van der Waals surface area contributed by atoms with E-state index in [1.54, 1.807) is 0 Å². The van der Waals surface area contributed by atoms with Crippen LogP contribution in [0.1, 0.15) is 110 Å². The number of allylic oxidation sites excluding steroid dienone is 2. The number of nitrogens with zero attached hydrogens (tertiary/aromatic N) is 1. The van der Waals surface area contributed by atoms with E-state index in [2.05, 4.69) is 6.92 Å². The fraction of sp³-hybridized carbons (Fsp3) is 0.880. The third-order valence-electron chi connectivity index (χ3n) is 7.01. The maximum absolute atomic E-state index is 13.3. The molecule has 2 aliphatic rings. The molecule has 204 valence electrons. The molecule has 0 aromatic heterocycles. The van der Waals surface area contributed by atoms with Gasteiger partial charge in [0.2, 0.25) is 9.21 Å². The quantitative estimate of drug-likeness (QED) is 0.0696. The maximum atomic E-state index is 13.3. The van der Waals surface area contributed by atoms with Crippen molar-refractivity contribution in [3.8, 4) is 0 Å². The molecule has 0 aromatic carbocycles. The largest absolute Gasteiger partial charge is 0.591 e. The van der Waals surface area contributed by atoms with Crippen LogP contribution in [-0.4, -0.2) is 39.1 Å². The van der Waals surface area contributed by atoms with Crippen molar-refractivity contribution in [2.75, 3.05) is 6.54 Å². The zero-order chi connectivity index (χ0) is 26.2. The average Bonchev–Trinajstić information content (AvgIpc) is 2.97. The number of carbonyl (C=O) groups is 1. The first-order valence-corrected chi connectivity index (χ1v) is 16.4. The molecule has 0 saturated carbocycles. The Hall–Kier alpha value is 1.26. The highest BCUT2D eigenvalue weighted by Gasteiger charge is 2.87. The predicted octanol–water partition coefficient (Wildman–Crippen LogP) is 9.58. The first-order valence-electron chi connectivity index (χ1n) is 13.0. The molecule has 1 aliphatic carbocycles. The van der Waals surface area contributed by atoms with Crippen LogP contribution >= 0.6 is 69.6 Å². The van der Waals surface area contributed by atoms with Gasteiger partial charge in [0.25, 0.3) is 10.1 Å². The smallest absolute Gasteiger partial charge is 0.295 e. The molecule has 0 aromatic rings. The van der Waals surface area contributed by atoms with Crippen LogP contribution < -0.4 is 0 Å². The van der Waals surface area contributed by atoms with Crippen molar-refractivity contribution >= 4 is 86.9 Å². The minimum atomic E-state index is -2.15. The number of fused-ring (bicyclic) bond motifs is 1. The molecule has 1 aliphatic heterocycles. The molecule has 0 N–H and O–H groups in total. The highest BCUT2D eigenvalue weighted by molar-refractivity contribution is 7.93. The van der Waals surface area contributed by atoms with Crippen LogP contribution in [-0.2, 0) is 16.2 Å². The van der Waals surface area contributed by atoms with Gasteiger partial charge in [-0.15, -0.1) is 0 Å². The Labute approximate surface area is 245 Å². The Morgan fingerprint density at radius 3 is 1.46 bits per heavy atom. The summed E-state index contributed by atoms with van der Waals surface area (Å²) in [4.78, 5) is 11.0. The molecule has 1 heterocycles. The zero-order valence-electron chi connectivity index (χ0n) is 20.6. The number of carbonyl (C=O) groups excluding carboxylic acids is 1. The molecule has 3 atom stereocenters. The summed E-state index contributed by atoms with van der Waals surface area (Å²) in [6, 6.07) is 0. The Morgan fingerprint density at radius 2 is 1.06 bits per heavy atom. The molecule has 35 heavy (non-hydrogen) atoms. The van der Waals surface area contributed by atoms with Crippen molar-refractivity contribution in [1.29, 1.82) is 0 Å². The van der Waals surface area contributed by atoms with Gasteiger partial charge in [0, 0.05) is 0 Å². The van der Waals surface area contributed by atoms with Crippen LogP contribution in [0.25, 0.3) is 0 Å². The number of hydrogen-bond acceptors (Lipinski definition) is 2. The summed E-state index contributed by atoms with van der Waals surface area (Å²) < 4.78 is 8.50. The number of amides is 1. The summed E-state index contributed by atoms with van der Waals surface area (Å²) in [7, 11) is 0. The number of alkyl halides is 6. The van der Waals surface area contributed by atoms with Gasteiger partial charge in [-0.2, -0.15) is 4.31 Å². The van der Waals surface area contributed by atoms with Crippen molar-refractivity contribution in [2.24, 2.45) is 0 Å². The molecule has 0 bridgehead atoms. The lowest BCUT2D eigenvalue weighted by Crippen LogP contribution is -2.67. The van der Waals surface area contributed by atoms with Crippen LogP contribution in [0.15, 0.2) is 12.2 Å². The Morgan fingerprint density at radius 1 is 0.686 bits per heavy atom. The maximum Gasteiger partial charge on any atom is 0.295 e. The average molecular weight is 630 g/mol. The number of rotatable bonds is 17. The molecule has 0 radical (unpaired) electrons. The van der Waals surface area contributed by atoms with Gasteiger partial charge in [-0.05, 0) is 18.6 Å². The van der Waals surface area contributed by atoms with Gasteiger partial charge in [0.05, 0.1) is 17.9 Å². The van der Waals surface area contributed by atoms with Gasteiger partial charge in [-0.3, -0.25) is 4.79 Å². The van der Waals surface area contributed by atoms with Crippen molar-refractivity contribution in [2.45, 2.75) is 127 Å². The van der Waals surface area contributed by atoms with E-state index < -0.39 is 35.0 Å². The Kier molecular flexibility index (Phi) is 13.5. The lowest BCUT2D eigenvalue weighted by Gasteiger charge is -2.45.